The zero-order chi connectivity index (χ0) is 20.7. The van der Waals surface area contributed by atoms with Crippen molar-refractivity contribution in [1.29, 1.82) is 0 Å². The van der Waals surface area contributed by atoms with E-state index in [1.165, 1.54) is 49.7 Å². The Balaban J connectivity index is 1.43. The maximum absolute atomic E-state index is 10.7. The molecule has 0 spiro atoms. The van der Waals surface area contributed by atoms with Crippen LogP contribution < -0.4 is 4.74 Å². The molecule has 0 aliphatic rings. The number of hydrogen-bond donors (Lipinski definition) is 1. The number of ether oxygens (including phenoxy) is 1. The van der Waals surface area contributed by atoms with Crippen LogP contribution in [-0.2, 0) is 4.79 Å². The van der Waals surface area contributed by atoms with Crippen LogP contribution in [0, 0.1) is 0 Å². The molecule has 0 aromatic heterocycles. The summed E-state index contributed by atoms with van der Waals surface area (Å²) < 4.78 is 5.86. The predicted molar refractivity (Wildman–Crippen MR) is 120 cm³/mol. The van der Waals surface area contributed by atoms with Gasteiger partial charge >= 0.3 is 5.97 Å². The highest BCUT2D eigenvalue weighted by molar-refractivity contribution is 5.85. The summed E-state index contributed by atoms with van der Waals surface area (Å²) in [7, 11) is 0. The topological polar surface area (TPSA) is 46.5 Å². The smallest absolute Gasteiger partial charge is 0.330 e. The number of unbranched alkanes of at least 4 members (excludes halogenated alkanes) is 8. The van der Waals surface area contributed by atoms with Crippen LogP contribution >= 0.6 is 0 Å². The molecular formula is C26H34O3. The fourth-order valence-electron chi connectivity index (χ4n) is 3.35. The van der Waals surface area contributed by atoms with Crippen molar-refractivity contribution < 1.29 is 14.6 Å². The summed E-state index contributed by atoms with van der Waals surface area (Å²) in [5, 5.41) is 8.75. The molecule has 0 saturated carbocycles. The second-order valence-electron chi connectivity index (χ2n) is 7.58. The summed E-state index contributed by atoms with van der Waals surface area (Å²) in [6.07, 6.45) is 11.2. The van der Waals surface area contributed by atoms with Gasteiger partial charge in [0.25, 0.3) is 0 Å². The van der Waals surface area contributed by atoms with E-state index in [1.54, 1.807) is 0 Å². The zero-order valence-corrected chi connectivity index (χ0v) is 17.4. The first-order chi connectivity index (χ1) is 14.2. The van der Waals surface area contributed by atoms with Crippen LogP contribution in [0.15, 0.2) is 66.7 Å². The van der Waals surface area contributed by atoms with E-state index in [-0.39, 0.29) is 0 Å². The Morgan fingerprint density at radius 3 is 1.83 bits per heavy atom. The average Bonchev–Trinajstić information content (AvgIpc) is 2.75. The van der Waals surface area contributed by atoms with Gasteiger partial charge in [-0.15, -0.1) is 0 Å². The Hall–Kier alpha value is -2.55. The third-order valence-electron chi connectivity index (χ3n) is 5.16. The minimum absolute atomic E-state index is 0.333. The van der Waals surface area contributed by atoms with Gasteiger partial charge in [0.05, 0.1) is 6.61 Å². The van der Waals surface area contributed by atoms with Crippen molar-refractivity contribution in [2.75, 3.05) is 6.61 Å². The molecule has 1 N–H and O–H groups in total. The van der Waals surface area contributed by atoms with Crippen molar-refractivity contribution in [3.63, 3.8) is 0 Å². The van der Waals surface area contributed by atoms with Gasteiger partial charge < -0.3 is 9.84 Å². The first-order valence-electron chi connectivity index (χ1n) is 10.9. The van der Waals surface area contributed by atoms with Gasteiger partial charge in [-0.3, -0.25) is 0 Å². The second-order valence-corrected chi connectivity index (χ2v) is 7.58. The highest BCUT2D eigenvalue weighted by Crippen LogP contribution is 2.22. The van der Waals surface area contributed by atoms with E-state index in [2.05, 4.69) is 43.0 Å². The highest BCUT2D eigenvalue weighted by atomic mass is 16.5. The van der Waals surface area contributed by atoms with Crippen LogP contribution in [-0.4, -0.2) is 17.7 Å². The van der Waals surface area contributed by atoms with Gasteiger partial charge in [-0.25, -0.2) is 4.79 Å². The first kappa shape index (κ1) is 22.7. The summed E-state index contributed by atoms with van der Waals surface area (Å²) in [5.74, 6) is 0.0773. The van der Waals surface area contributed by atoms with Gasteiger partial charge in [-0.05, 0) is 42.5 Å². The van der Waals surface area contributed by atoms with Crippen molar-refractivity contribution in [1.82, 2.24) is 0 Å². The van der Waals surface area contributed by atoms with Crippen LogP contribution in [0.5, 0.6) is 5.75 Å². The number of benzene rings is 2. The summed E-state index contributed by atoms with van der Waals surface area (Å²) in [4.78, 5) is 10.7. The largest absolute Gasteiger partial charge is 0.494 e. The molecule has 0 amide bonds. The van der Waals surface area contributed by atoms with Crippen molar-refractivity contribution in [3.05, 3.63) is 66.7 Å². The monoisotopic (exact) mass is 394 g/mol. The summed E-state index contributed by atoms with van der Waals surface area (Å²) >= 11 is 0. The normalized spacial score (nSPS) is 10.6. The molecule has 0 bridgehead atoms. The third kappa shape index (κ3) is 9.47. The molecule has 3 nitrogen and oxygen atoms in total. The van der Waals surface area contributed by atoms with Crippen molar-refractivity contribution in [2.24, 2.45) is 0 Å². The van der Waals surface area contributed by atoms with Crippen molar-refractivity contribution in [2.45, 2.75) is 64.2 Å². The Morgan fingerprint density at radius 1 is 0.724 bits per heavy atom. The third-order valence-corrected chi connectivity index (χ3v) is 5.16. The fourth-order valence-corrected chi connectivity index (χ4v) is 3.35. The molecule has 156 valence electrons. The molecule has 0 heterocycles. The molecule has 0 radical (unpaired) electrons. The van der Waals surface area contributed by atoms with Crippen LogP contribution in [0.1, 0.15) is 64.2 Å². The molecule has 0 atom stereocenters. The molecule has 0 saturated heterocycles. The molecule has 0 fully saturated rings. The Bertz CT molecular complexity index is 719. The van der Waals surface area contributed by atoms with E-state index in [0.29, 0.717) is 12.0 Å². The van der Waals surface area contributed by atoms with Gasteiger partial charge in [0.2, 0.25) is 0 Å². The van der Waals surface area contributed by atoms with Crippen LogP contribution in [0.4, 0.5) is 0 Å². The quantitative estimate of drug-likeness (QED) is 0.255. The lowest BCUT2D eigenvalue weighted by molar-refractivity contribution is -0.132. The van der Waals surface area contributed by atoms with Crippen molar-refractivity contribution >= 4 is 5.97 Å². The Morgan fingerprint density at radius 2 is 1.24 bits per heavy atom. The average molecular weight is 395 g/mol. The summed E-state index contributed by atoms with van der Waals surface area (Å²) in [6, 6.07) is 18.7. The molecule has 0 aliphatic heterocycles. The number of hydrogen-bond acceptors (Lipinski definition) is 2. The lowest BCUT2D eigenvalue weighted by Crippen LogP contribution is -1.98. The molecular weight excluding hydrogens is 360 g/mol. The molecule has 29 heavy (non-hydrogen) atoms. The summed E-state index contributed by atoms with van der Waals surface area (Å²) in [6.45, 7) is 4.34. The molecule has 0 aliphatic carbocycles. The van der Waals surface area contributed by atoms with Gasteiger partial charge in [-0.1, -0.05) is 94.0 Å². The molecule has 0 unspecified atom stereocenters. The number of carboxylic acids is 1. The van der Waals surface area contributed by atoms with Gasteiger partial charge in [0.15, 0.2) is 0 Å². The number of carbonyl (C=O) groups is 1. The maximum atomic E-state index is 10.7. The van der Waals surface area contributed by atoms with Crippen LogP contribution in [0.3, 0.4) is 0 Å². The Kier molecular flexibility index (Phi) is 10.7. The minimum Gasteiger partial charge on any atom is -0.494 e. The fraction of sp³-hybridized carbons (Fsp3) is 0.423. The van der Waals surface area contributed by atoms with E-state index < -0.39 is 5.97 Å². The van der Waals surface area contributed by atoms with Gasteiger partial charge in [0, 0.05) is 5.57 Å². The molecule has 2 aromatic rings. The standard InChI is InChI=1S/C26H34O3/c1-22(26(27)28)14-10-7-5-3-2-4-6-8-13-21-29-25-19-17-24(18-20-25)23-15-11-9-12-16-23/h9,11-12,15-20H,1-8,10,13-14,21H2,(H,27,28). The Labute approximate surface area is 175 Å². The van der Waals surface area contributed by atoms with Crippen molar-refractivity contribution in [3.8, 4) is 16.9 Å². The number of carboxylic acid groups (broad SMARTS) is 1. The maximum Gasteiger partial charge on any atom is 0.330 e. The van der Waals surface area contributed by atoms with Crippen LogP contribution in [0.25, 0.3) is 11.1 Å². The van der Waals surface area contributed by atoms with E-state index in [1.807, 2.05) is 18.2 Å². The minimum atomic E-state index is -0.863. The van der Waals surface area contributed by atoms with E-state index >= 15 is 0 Å². The van der Waals surface area contributed by atoms with E-state index in [4.69, 9.17) is 9.84 Å². The number of aliphatic carboxylic acids is 1. The van der Waals surface area contributed by atoms with Gasteiger partial charge in [-0.2, -0.15) is 0 Å². The summed E-state index contributed by atoms with van der Waals surface area (Å²) in [5.41, 5.74) is 2.77. The molecule has 3 heteroatoms. The predicted octanol–water partition coefficient (Wildman–Crippen LogP) is 7.27. The number of rotatable bonds is 15. The lowest BCUT2D eigenvalue weighted by Gasteiger charge is -2.08. The first-order valence-corrected chi connectivity index (χ1v) is 10.9. The molecule has 2 rings (SSSR count). The highest BCUT2D eigenvalue weighted by Gasteiger charge is 2.02. The second kappa shape index (κ2) is 13.6. The SMILES string of the molecule is C=C(CCCCCCCCCCCOc1ccc(-c2ccccc2)cc1)C(=O)O. The van der Waals surface area contributed by atoms with Crippen LogP contribution in [0.2, 0.25) is 0 Å². The zero-order valence-electron chi connectivity index (χ0n) is 17.4. The lowest BCUT2D eigenvalue weighted by atomic mass is 10.0. The molecule has 2 aromatic carbocycles. The van der Waals surface area contributed by atoms with E-state index in [0.717, 1.165) is 31.6 Å². The van der Waals surface area contributed by atoms with E-state index in [9.17, 15) is 4.79 Å². The van der Waals surface area contributed by atoms with Gasteiger partial charge in [0.1, 0.15) is 5.75 Å².